The molecule has 0 fully saturated rings. The number of hydrogen-bond acceptors (Lipinski definition) is 3. The lowest BCUT2D eigenvalue weighted by Gasteiger charge is -2.22. The molecule has 3 rings (SSSR count). The molecule has 0 unspecified atom stereocenters. The van der Waals surface area contributed by atoms with E-state index in [9.17, 15) is 13.2 Å². The average molecular weight is 528 g/mol. The summed E-state index contributed by atoms with van der Waals surface area (Å²) in [6.07, 6.45) is 0. The van der Waals surface area contributed by atoms with Crippen molar-refractivity contribution in [2.24, 2.45) is 0 Å². The number of benzene rings is 3. The second-order valence-corrected chi connectivity index (χ2v) is 10.1. The van der Waals surface area contributed by atoms with Gasteiger partial charge in [0.2, 0.25) is 15.9 Å². The van der Waals surface area contributed by atoms with E-state index in [1.54, 1.807) is 54.6 Å². The smallest absolute Gasteiger partial charge is 0.243 e. The lowest BCUT2D eigenvalue weighted by atomic mass is 10.2. The topological polar surface area (TPSA) is 66.5 Å². The first-order valence-electron chi connectivity index (χ1n) is 8.80. The van der Waals surface area contributed by atoms with Crippen molar-refractivity contribution in [1.82, 2.24) is 4.31 Å². The molecule has 0 aliphatic rings. The number of carbonyl (C=O) groups excluding carboxylic acids is 1. The summed E-state index contributed by atoms with van der Waals surface area (Å²) in [5, 5.41) is 3.39. The fourth-order valence-electron chi connectivity index (χ4n) is 2.71. The molecule has 9 heteroatoms. The Balaban J connectivity index is 1.89. The summed E-state index contributed by atoms with van der Waals surface area (Å²) >= 11 is 15.3. The summed E-state index contributed by atoms with van der Waals surface area (Å²) in [6, 6.07) is 19.9. The average Bonchev–Trinajstić information content (AvgIpc) is 2.71. The lowest BCUT2D eigenvalue weighted by molar-refractivity contribution is -0.116. The van der Waals surface area contributed by atoms with Gasteiger partial charge in [0.25, 0.3) is 0 Å². The van der Waals surface area contributed by atoms with Crippen molar-refractivity contribution in [3.8, 4) is 0 Å². The molecule has 3 aromatic rings. The van der Waals surface area contributed by atoms with Crippen molar-refractivity contribution in [2.45, 2.75) is 11.4 Å². The molecule has 0 spiro atoms. The fraction of sp³-hybridized carbons (Fsp3) is 0.0952. The molecule has 0 aliphatic heterocycles. The van der Waals surface area contributed by atoms with Crippen LogP contribution in [-0.4, -0.2) is 25.2 Å². The molecule has 30 heavy (non-hydrogen) atoms. The Kier molecular flexibility index (Phi) is 7.55. The van der Waals surface area contributed by atoms with E-state index in [2.05, 4.69) is 21.2 Å². The zero-order valence-corrected chi connectivity index (χ0v) is 19.5. The third kappa shape index (κ3) is 5.83. The van der Waals surface area contributed by atoms with Crippen molar-refractivity contribution in [2.75, 3.05) is 11.9 Å². The summed E-state index contributed by atoms with van der Waals surface area (Å²) in [5.74, 6) is -0.457. The Labute approximate surface area is 193 Å². The van der Waals surface area contributed by atoms with Gasteiger partial charge in [-0.15, -0.1) is 0 Å². The molecule has 0 saturated heterocycles. The SMILES string of the molecule is O=C(CN(Cc1ccc(Cl)c(Cl)c1)S(=O)(=O)c1ccc(Br)cc1)Nc1ccccc1. The molecular formula is C21H17BrCl2N2O3S. The number of halogens is 3. The van der Waals surface area contributed by atoms with Crippen LogP contribution in [0.25, 0.3) is 0 Å². The highest BCUT2D eigenvalue weighted by molar-refractivity contribution is 9.10. The van der Waals surface area contributed by atoms with Crippen molar-refractivity contribution in [3.63, 3.8) is 0 Å². The molecular weight excluding hydrogens is 511 g/mol. The zero-order valence-electron chi connectivity index (χ0n) is 15.6. The van der Waals surface area contributed by atoms with E-state index in [-0.39, 0.29) is 18.0 Å². The molecule has 0 heterocycles. The van der Waals surface area contributed by atoms with Crippen molar-refractivity contribution in [1.29, 1.82) is 0 Å². The van der Waals surface area contributed by atoms with E-state index in [0.717, 1.165) is 8.78 Å². The first-order chi connectivity index (χ1) is 14.3. The standard InChI is InChI=1S/C21H17BrCl2N2O3S/c22-16-7-9-18(10-8-16)30(28,29)26(13-15-6-11-19(23)20(24)12-15)14-21(27)25-17-4-2-1-3-5-17/h1-12H,13-14H2,(H,25,27). The van der Waals surface area contributed by atoms with E-state index in [1.807, 2.05) is 6.07 Å². The van der Waals surface area contributed by atoms with E-state index in [4.69, 9.17) is 23.2 Å². The van der Waals surface area contributed by atoms with E-state index in [0.29, 0.717) is 21.3 Å². The van der Waals surface area contributed by atoms with Crippen LogP contribution in [0.5, 0.6) is 0 Å². The number of amides is 1. The number of hydrogen-bond donors (Lipinski definition) is 1. The Morgan fingerprint density at radius 3 is 2.23 bits per heavy atom. The quantitative estimate of drug-likeness (QED) is 0.435. The van der Waals surface area contributed by atoms with Gasteiger partial charge in [0.15, 0.2) is 0 Å². The van der Waals surface area contributed by atoms with Crippen LogP contribution in [0.2, 0.25) is 10.0 Å². The molecule has 1 amide bonds. The van der Waals surface area contributed by atoms with Crippen molar-refractivity contribution < 1.29 is 13.2 Å². The predicted octanol–water partition coefficient (Wildman–Crippen LogP) is 5.59. The third-order valence-corrected chi connectivity index (χ3v) is 7.25. The van der Waals surface area contributed by atoms with Gasteiger partial charge < -0.3 is 5.32 Å². The van der Waals surface area contributed by atoms with Gasteiger partial charge in [-0.3, -0.25) is 4.79 Å². The van der Waals surface area contributed by atoms with Crippen molar-refractivity contribution in [3.05, 3.63) is 92.9 Å². The highest BCUT2D eigenvalue weighted by Crippen LogP contribution is 2.25. The molecule has 5 nitrogen and oxygen atoms in total. The lowest BCUT2D eigenvalue weighted by Crippen LogP contribution is -2.37. The number of nitrogens with zero attached hydrogens (tertiary/aromatic N) is 1. The van der Waals surface area contributed by atoms with Crippen LogP contribution >= 0.6 is 39.1 Å². The Hall–Kier alpha value is -1.90. The molecule has 0 aromatic heterocycles. The van der Waals surface area contributed by atoms with Crippen LogP contribution in [0.3, 0.4) is 0 Å². The van der Waals surface area contributed by atoms with Gasteiger partial charge in [0.1, 0.15) is 0 Å². The Bertz CT molecular complexity index is 1140. The summed E-state index contributed by atoms with van der Waals surface area (Å²) in [7, 11) is -3.95. The minimum absolute atomic E-state index is 0.0442. The maximum absolute atomic E-state index is 13.3. The molecule has 1 N–H and O–H groups in total. The van der Waals surface area contributed by atoms with Crippen LogP contribution in [0, 0.1) is 0 Å². The summed E-state index contributed by atoms with van der Waals surface area (Å²) in [5.41, 5.74) is 1.19. The van der Waals surface area contributed by atoms with Gasteiger partial charge in [-0.2, -0.15) is 4.31 Å². The first kappa shape index (κ1) is 22.8. The molecule has 0 bridgehead atoms. The van der Waals surface area contributed by atoms with Gasteiger partial charge in [-0.05, 0) is 54.1 Å². The minimum atomic E-state index is -3.95. The molecule has 156 valence electrons. The molecule has 0 saturated carbocycles. The fourth-order valence-corrected chi connectivity index (χ4v) is 4.67. The maximum atomic E-state index is 13.3. The number of rotatable bonds is 7. The van der Waals surface area contributed by atoms with Gasteiger partial charge in [-0.1, -0.05) is 63.4 Å². The maximum Gasteiger partial charge on any atom is 0.243 e. The monoisotopic (exact) mass is 526 g/mol. The second-order valence-electron chi connectivity index (χ2n) is 6.39. The normalized spacial score (nSPS) is 11.5. The van der Waals surface area contributed by atoms with Gasteiger partial charge in [-0.25, -0.2) is 8.42 Å². The van der Waals surface area contributed by atoms with Gasteiger partial charge in [0, 0.05) is 16.7 Å². The van der Waals surface area contributed by atoms with Crippen LogP contribution in [0.4, 0.5) is 5.69 Å². The molecule has 0 aliphatic carbocycles. The van der Waals surface area contributed by atoms with E-state index < -0.39 is 15.9 Å². The van der Waals surface area contributed by atoms with Gasteiger partial charge in [0.05, 0.1) is 21.5 Å². The number of nitrogens with one attached hydrogen (secondary N) is 1. The van der Waals surface area contributed by atoms with Crippen LogP contribution < -0.4 is 5.32 Å². The molecule has 0 radical (unpaired) electrons. The minimum Gasteiger partial charge on any atom is -0.325 e. The number of sulfonamides is 1. The molecule has 0 atom stereocenters. The summed E-state index contributed by atoms with van der Waals surface area (Å²) in [6.45, 7) is -0.412. The Morgan fingerprint density at radius 2 is 1.60 bits per heavy atom. The largest absolute Gasteiger partial charge is 0.325 e. The van der Waals surface area contributed by atoms with E-state index >= 15 is 0 Å². The van der Waals surface area contributed by atoms with Crippen LogP contribution in [0.15, 0.2) is 82.2 Å². The summed E-state index contributed by atoms with van der Waals surface area (Å²) < 4.78 is 28.4. The van der Waals surface area contributed by atoms with Crippen molar-refractivity contribution >= 4 is 60.7 Å². The highest BCUT2D eigenvalue weighted by atomic mass is 79.9. The number of anilines is 1. The first-order valence-corrected chi connectivity index (χ1v) is 11.8. The predicted molar refractivity (Wildman–Crippen MR) is 123 cm³/mol. The highest BCUT2D eigenvalue weighted by Gasteiger charge is 2.27. The molecule has 3 aromatic carbocycles. The Morgan fingerprint density at radius 1 is 0.933 bits per heavy atom. The number of para-hydroxylation sites is 1. The zero-order chi connectivity index (χ0) is 21.7. The van der Waals surface area contributed by atoms with Crippen LogP contribution in [0.1, 0.15) is 5.56 Å². The third-order valence-electron chi connectivity index (χ3n) is 4.17. The summed E-state index contributed by atoms with van der Waals surface area (Å²) in [4.78, 5) is 12.7. The number of carbonyl (C=O) groups is 1. The van der Waals surface area contributed by atoms with E-state index in [1.165, 1.54) is 12.1 Å². The van der Waals surface area contributed by atoms with Gasteiger partial charge >= 0.3 is 0 Å². The second kappa shape index (κ2) is 9.94. The van der Waals surface area contributed by atoms with Crippen LogP contribution in [-0.2, 0) is 21.4 Å².